The number of rotatable bonds is 7. The van der Waals surface area contributed by atoms with E-state index >= 15 is 0 Å². The standard InChI is InChI=1S/C11H18N2O4S/c1-17-7-11(6-14)13-18(15,16)8-9-2-4-10(12)5-3-9/h2-5,11,13-14H,6-8,12H2,1H3. The third kappa shape index (κ3) is 5.01. The molecule has 1 aromatic carbocycles. The Morgan fingerprint density at radius 1 is 1.39 bits per heavy atom. The van der Waals surface area contributed by atoms with Crippen LogP contribution >= 0.6 is 0 Å². The summed E-state index contributed by atoms with van der Waals surface area (Å²) >= 11 is 0. The van der Waals surface area contributed by atoms with E-state index in [0.29, 0.717) is 11.3 Å². The number of hydrogen-bond donors (Lipinski definition) is 3. The lowest BCUT2D eigenvalue weighted by atomic mass is 10.2. The van der Waals surface area contributed by atoms with Crippen molar-refractivity contribution in [1.29, 1.82) is 0 Å². The third-order valence-electron chi connectivity index (χ3n) is 2.27. The largest absolute Gasteiger partial charge is 0.399 e. The maximum atomic E-state index is 11.8. The second-order valence-corrected chi connectivity index (χ2v) is 5.71. The van der Waals surface area contributed by atoms with Crippen LogP contribution in [0.4, 0.5) is 5.69 Å². The van der Waals surface area contributed by atoms with Crippen LogP contribution in [0.2, 0.25) is 0 Å². The summed E-state index contributed by atoms with van der Waals surface area (Å²) in [6.45, 7) is -0.188. The summed E-state index contributed by atoms with van der Waals surface area (Å²) in [5, 5.41) is 9.00. The molecule has 4 N–H and O–H groups in total. The minimum atomic E-state index is -3.51. The SMILES string of the molecule is COCC(CO)NS(=O)(=O)Cc1ccc(N)cc1. The highest BCUT2D eigenvalue weighted by Gasteiger charge is 2.17. The molecule has 7 heteroatoms. The second kappa shape index (κ2) is 6.69. The number of anilines is 1. The number of sulfonamides is 1. The Labute approximate surface area is 107 Å². The van der Waals surface area contributed by atoms with Crippen molar-refractivity contribution in [2.75, 3.05) is 26.1 Å². The van der Waals surface area contributed by atoms with Gasteiger partial charge in [-0.3, -0.25) is 0 Å². The van der Waals surface area contributed by atoms with Crippen molar-refractivity contribution in [3.05, 3.63) is 29.8 Å². The Balaban J connectivity index is 2.66. The molecule has 102 valence electrons. The van der Waals surface area contributed by atoms with Gasteiger partial charge in [-0.2, -0.15) is 0 Å². The minimum Gasteiger partial charge on any atom is -0.399 e. The second-order valence-electron chi connectivity index (χ2n) is 3.95. The molecular weight excluding hydrogens is 256 g/mol. The monoisotopic (exact) mass is 274 g/mol. The summed E-state index contributed by atoms with van der Waals surface area (Å²) in [7, 11) is -2.07. The maximum absolute atomic E-state index is 11.8. The van der Waals surface area contributed by atoms with Gasteiger partial charge in [-0.15, -0.1) is 0 Å². The summed E-state index contributed by atoms with van der Waals surface area (Å²) < 4.78 is 30.8. The van der Waals surface area contributed by atoms with Crippen LogP contribution in [0.5, 0.6) is 0 Å². The van der Waals surface area contributed by atoms with Crippen molar-refractivity contribution >= 4 is 15.7 Å². The van der Waals surface area contributed by atoms with Crippen LogP contribution in [0.1, 0.15) is 5.56 Å². The van der Waals surface area contributed by atoms with Gasteiger partial charge in [-0.1, -0.05) is 12.1 Å². The zero-order chi connectivity index (χ0) is 13.6. The Kier molecular flexibility index (Phi) is 5.54. The van der Waals surface area contributed by atoms with Gasteiger partial charge in [0.2, 0.25) is 10.0 Å². The number of benzene rings is 1. The first kappa shape index (κ1) is 14.9. The Hall–Kier alpha value is -1.15. The fourth-order valence-corrected chi connectivity index (χ4v) is 2.82. The molecule has 0 bridgehead atoms. The fourth-order valence-electron chi connectivity index (χ4n) is 1.45. The number of nitrogens with one attached hydrogen (secondary N) is 1. The molecule has 0 radical (unpaired) electrons. The van der Waals surface area contributed by atoms with E-state index in [4.69, 9.17) is 15.6 Å². The average molecular weight is 274 g/mol. The first-order valence-electron chi connectivity index (χ1n) is 5.41. The summed E-state index contributed by atoms with van der Waals surface area (Å²) in [5.74, 6) is -0.159. The van der Waals surface area contributed by atoms with Crippen molar-refractivity contribution in [1.82, 2.24) is 4.72 Å². The summed E-state index contributed by atoms with van der Waals surface area (Å²) in [4.78, 5) is 0. The Bertz CT molecular complexity index is 458. The van der Waals surface area contributed by atoms with Crippen LogP contribution in [-0.4, -0.2) is 39.9 Å². The molecule has 18 heavy (non-hydrogen) atoms. The van der Waals surface area contributed by atoms with Crippen LogP contribution in [0.3, 0.4) is 0 Å². The Morgan fingerprint density at radius 2 is 2.00 bits per heavy atom. The van der Waals surface area contributed by atoms with Gasteiger partial charge in [-0.25, -0.2) is 13.1 Å². The molecular formula is C11H18N2O4S. The Morgan fingerprint density at radius 3 is 2.50 bits per heavy atom. The number of nitrogen functional groups attached to an aromatic ring is 1. The zero-order valence-electron chi connectivity index (χ0n) is 10.2. The van der Waals surface area contributed by atoms with Gasteiger partial charge in [0.15, 0.2) is 0 Å². The highest BCUT2D eigenvalue weighted by molar-refractivity contribution is 7.88. The first-order valence-corrected chi connectivity index (χ1v) is 7.06. The molecule has 0 amide bonds. The van der Waals surface area contributed by atoms with E-state index in [-0.39, 0.29) is 19.0 Å². The minimum absolute atomic E-state index is 0.122. The molecule has 0 aliphatic rings. The van der Waals surface area contributed by atoms with Crippen LogP contribution in [0.25, 0.3) is 0 Å². The summed E-state index contributed by atoms with van der Waals surface area (Å²) in [5.41, 5.74) is 6.73. The van der Waals surface area contributed by atoms with E-state index in [2.05, 4.69) is 4.72 Å². The lowest BCUT2D eigenvalue weighted by molar-refractivity contribution is 0.139. The van der Waals surface area contributed by atoms with Crippen LogP contribution in [0.15, 0.2) is 24.3 Å². The molecule has 0 spiro atoms. The third-order valence-corrected chi connectivity index (χ3v) is 3.68. The van der Waals surface area contributed by atoms with Crippen molar-refractivity contribution in [3.63, 3.8) is 0 Å². The lowest BCUT2D eigenvalue weighted by Gasteiger charge is -2.15. The van der Waals surface area contributed by atoms with Crippen LogP contribution < -0.4 is 10.5 Å². The van der Waals surface area contributed by atoms with E-state index in [9.17, 15) is 8.42 Å². The molecule has 1 atom stereocenters. The molecule has 0 fully saturated rings. The zero-order valence-corrected chi connectivity index (χ0v) is 11.0. The van der Waals surface area contributed by atoms with E-state index in [1.54, 1.807) is 24.3 Å². The topological polar surface area (TPSA) is 102 Å². The molecule has 1 unspecified atom stereocenters. The number of hydrogen-bond acceptors (Lipinski definition) is 5. The molecule has 0 saturated heterocycles. The van der Waals surface area contributed by atoms with Crippen molar-refractivity contribution < 1.29 is 18.3 Å². The van der Waals surface area contributed by atoms with Gasteiger partial charge in [0.1, 0.15) is 0 Å². The van der Waals surface area contributed by atoms with Crippen LogP contribution in [-0.2, 0) is 20.5 Å². The van der Waals surface area contributed by atoms with E-state index in [1.165, 1.54) is 7.11 Å². The molecule has 0 aromatic heterocycles. The molecule has 1 aromatic rings. The summed E-state index contributed by atoms with van der Waals surface area (Å²) in [6.07, 6.45) is 0. The molecule has 0 aliphatic heterocycles. The van der Waals surface area contributed by atoms with E-state index in [1.807, 2.05) is 0 Å². The van der Waals surface area contributed by atoms with Gasteiger partial charge in [0.25, 0.3) is 0 Å². The highest BCUT2D eigenvalue weighted by Crippen LogP contribution is 2.09. The summed E-state index contributed by atoms with van der Waals surface area (Å²) in [6, 6.07) is 5.96. The van der Waals surface area contributed by atoms with Gasteiger partial charge >= 0.3 is 0 Å². The molecule has 0 aliphatic carbocycles. The van der Waals surface area contributed by atoms with Crippen LogP contribution in [0, 0.1) is 0 Å². The predicted octanol–water partition coefficient (Wildman–Crippen LogP) is -0.304. The molecule has 6 nitrogen and oxygen atoms in total. The first-order chi connectivity index (χ1) is 8.46. The van der Waals surface area contributed by atoms with Crippen molar-refractivity contribution in [2.24, 2.45) is 0 Å². The van der Waals surface area contributed by atoms with Gasteiger partial charge in [-0.05, 0) is 17.7 Å². The quantitative estimate of drug-likeness (QED) is 0.592. The van der Waals surface area contributed by atoms with Crippen molar-refractivity contribution in [2.45, 2.75) is 11.8 Å². The van der Waals surface area contributed by atoms with Gasteiger partial charge < -0.3 is 15.6 Å². The number of aliphatic hydroxyl groups excluding tert-OH is 1. The number of ether oxygens (including phenoxy) is 1. The van der Waals surface area contributed by atoms with Gasteiger partial charge in [0, 0.05) is 12.8 Å². The van der Waals surface area contributed by atoms with E-state index < -0.39 is 16.1 Å². The predicted molar refractivity (Wildman–Crippen MR) is 69.4 cm³/mol. The highest BCUT2D eigenvalue weighted by atomic mass is 32.2. The van der Waals surface area contributed by atoms with Gasteiger partial charge in [0.05, 0.1) is 25.0 Å². The maximum Gasteiger partial charge on any atom is 0.216 e. The normalized spacial score (nSPS) is 13.4. The number of nitrogens with two attached hydrogens (primary N) is 1. The average Bonchev–Trinajstić information content (AvgIpc) is 2.31. The molecule has 0 saturated carbocycles. The van der Waals surface area contributed by atoms with Crippen molar-refractivity contribution in [3.8, 4) is 0 Å². The lowest BCUT2D eigenvalue weighted by Crippen LogP contribution is -2.41. The fraction of sp³-hybridized carbons (Fsp3) is 0.455. The molecule has 1 rings (SSSR count). The van der Waals surface area contributed by atoms with E-state index in [0.717, 1.165) is 0 Å². The number of aliphatic hydroxyl groups is 1. The number of methoxy groups -OCH3 is 1. The molecule has 0 heterocycles. The smallest absolute Gasteiger partial charge is 0.216 e.